The highest BCUT2D eigenvalue weighted by Crippen LogP contribution is 2.67. The molecule has 0 saturated heterocycles. The maximum Gasteiger partial charge on any atom is 0.470 e. The van der Waals surface area contributed by atoms with Crippen LogP contribution in [0.1, 0.15) is 26.3 Å². The van der Waals surface area contributed by atoms with Gasteiger partial charge in [-0.25, -0.2) is 9.36 Å². The first-order valence-electron chi connectivity index (χ1n) is 11.8. The largest absolute Gasteiger partial charge is 0.470 e. The lowest BCUT2D eigenvalue weighted by Gasteiger charge is -2.36. The zero-order valence-electron chi connectivity index (χ0n) is 21.2. The fraction of sp³-hybridized carbons (Fsp3) is 0.214. The highest BCUT2D eigenvalue weighted by molar-refractivity contribution is 7.57. The van der Waals surface area contributed by atoms with Crippen molar-refractivity contribution in [3.05, 3.63) is 102 Å². The number of carbonyl (C=O) groups excluding carboxylic acids is 2. The Labute approximate surface area is 226 Å². The number of carbonyl (C=O) groups is 2. The molecule has 0 radical (unpaired) electrons. The van der Waals surface area contributed by atoms with Crippen LogP contribution < -0.4 is 19.3 Å². The van der Waals surface area contributed by atoms with E-state index in [1.807, 2.05) is 0 Å². The maximum atomic E-state index is 15.2. The molecular weight excluding hydrogens is 527 g/mol. The number of amides is 2. The van der Waals surface area contributed by atoms with Gasteiger partial charge >= 0.3 is 13.7 Å². The minimum absolute atomic E-state index is 0.0574. The SMILES string of the molecule is C=CCN1C(=O)[C@](NC(=O)OC(C)(C)C)(P(=O)(Oc2ccccc2)Oc2ccccc2)c2cc(Cl)ccc21. The number of alkyl carbamates (subject to hydrolysis) is 1. The lowest BCUT2D eigenvalue weighted by molar-refractivity contribution is -0.121. The summed E-state index contributed by atoms with van der Waals surface area (Å²) in [5.74, 6) is -0.429. The molecule has 3 aromatic rings. The van der Waals surface area contributed by atoms with Crippen molar-refractivity contribution in [1.82, 2.24) is 5.32 Å². The molecule has 1 aliphatic heterocycles. The van der Waals surface area contributed by atoms with Crippen molar-refractivity contribution < 1.29 is 27.9 Å². The summed E-state index contributed by atoms with van der Waals surface area (Å²) in [6.45, 7) is 8.81. The van der Waals surface area contributed by atoms with Gasteiger partial charge in [0.25, 0.3) is 11.2 Å². The highest BCUT2D eigenvalue weighted by Gasteiger charge is 2.68. The van der Waals surface area contributed by atoms with E-state index in [-0.39, 0.29) is 28.6 Å². The van der Waals surface area contributed by atoms with Crippen LogP contribution in [0, 0.1) is 0 Å². The second-order valence-corrected chi connectivity index (χ2v) is 12.0. The Hall–Kier alpha value is -3.74. The fourth-order valence-electron chi connectivity index (χ4n) is 4.06. The summed E-state index contributed by atoms with van der Waals surface area (Å²) < 4.78 is 32.8. The molecule has 0 spiro atoms. The van der Waals surface area contributed by atoms with Crippen LogP contribution in [-0.4, -0.2) is 24.1 Å². The molecule has 3 aromatic carbocycles. The third-order valence-electron chi connectivity index (χ3n) is 5.54. The molecule has 0 unspecified atom stereocenters. The van der Waals surface area contributed by atoms with Crippen LogP contribution in [0.5, 0.6) is 11.5 Å². The number of hydrogen-bond acceptors (Lipinski definition) is 6. The first-order valence-corrected chi connectivity index (χ1v) is 13.7. The average molecular weight is 555 g/mol. The third kappa shape index (κ3) is 5.28. The van der Waals surface area contributed by atoms with Crippen molar-refractivity contribution in [2.24, 2.45) is 0 Å². The van der Waals surface area contributed by atoms with Gasteiger partial charge in [-0.2, -0.15) is 0 Å². The van der Waals surface area contributed by atoms with Crippen molar-refractivity contribution in [3.8, 4) is 11.5 Å². The van der Waals surface area contributed by atoms with Gasteiger partial charge in [0.2, 0.25) is 0 Å². The van der Waals surface area contributed by atoms with Gasteiger partial charge in [-0.15, -0.1) is 6.58 Å². The van der Waals surface area contributed by atoms with Gasteiger partial charge in [0.05, 0.1) is 5.69 Å². The van der Waals surface area contributed by atoms with Crippen LogP contribution in [-0.2, 0) is 19.4 Å². The predicted octanol–water partition coefficient (Wildman–Crippen LogP) is 6.90. The molecule has 1 atom stereocenters. The number of hydrogen-bond donors (Lipinski definition) is 1. The van der Waals surface area contributed by atoms with Gasteiger partial charge in [-0.05, 0) is 63.2 Å². The van der Waals surface area contributed by atoms with Gasteiger partial charge < -0.3 is 18.7 Å². The van der Waals surface area contributed by atoms with E-state index in [1.165, 1.54) is 17.0 Å². The Morgan fingerprint density at radius 1 is 1.03 bits per heavy atom. The van der Waals surface area contributed by atoms with Crippen molar-refractivity contribution >= 4 is 36.9 Å². The first-order chi connectivity index (χ1) is 18.0. The van der Waals surface area contributed by atoms with Crippen LogP contribution in [0.2, 0.25) is 5.02 Å². The van der Waals surface area contributed by atoms with Gasteiger partial charge in [0, 0.05) is 17.1 Å². The van der Waals surface area contributed by atoms with Crippen molar-refractivity contribution in [1.29, 1.82) is 0 Å². The number of rotatable bonds is 8. The van der Waals surface area contributed by atoms with E-state index >= 15 is 4.57 Å². The van der Waals surface area contributed by atoms with Gasteiger partial charge in [-0.3, -0.25) is 10.1 Å². The molecule has 1 N–H and O–H groups in total. The Balaban J connectivity index is 2.00. The molecule has 0 saturated carbocycles. The van der Waals surface area contributed by atoms with Crippen LogP contribution in [0.4, 0.5) is 10.5 Å². The molecule has 10 heteroatoms. The van der Waals surface area contributed by atoms with Gasteiger partial charge in [0.15, 0.2) is 0 Å². The standard InChI is InChI=1S/C28H28ClN2O6P/c1-5-18-31-24-17-16-20(29)19-23(24)28(25(31)32,30-26(33)35-27(2,3)4)38(34,36-21-12-8-6-9-13-21)37-22-14-10-7-11-15-22/h5-17,19H,1,18H2,2-4H3,(H,30,33)/t28-/m1/s1. The van der Waals surface area contributed by atoms with Crippen molar-refractivity contribution in [2.45, 2.75) is 31.7 Å². The average Bonchev–Trinajstić information content (AvgIpc) is 3.07. The lowest BCUT2D eigenvalue weighted by Crippen LogP contribution is -2.55. The van der Waals surface area contributed by atoms with Crippen LogP contribution in [0.3, 0.4) is 0 Å². The Morgan fingerprint density at radius 3 is 2.08 bits per heavy atom. The first kappa shape index (κ1) is 27.3. The summed E-state index contributed by atoms with van der Waals surface area (Å²) in [5, 5.41) is 0.485. The second kappa shape index (κ2) is 10.6. The molecule has 38 heavy (non-hydrogen) atoms. The molecule has 198 valence electrons. The van der Waals surface area contributed by atoms with E-state index < -0.39 is 30.5 Å². The summed E-state index contributed by atoms with van der Waals surface area (Å²) >= 11 is 6.37. The van der Waals surface area contributed by atoms with E-state index in [0.29, 0.717) is 5.69 Å². The molecule has 8 nitrogen and oxygen atoms in total. The fourth-order valence-corrected chi connectivity index (χ4v) is 6.40. The molecule has 1 heterocycles. The number of anilines is 1. The van der Waals surface area contributed by atoms with Crippen LogP contribution in [0.15, 0.2) is 91.5 Å². The van der Waals surface area contributed by atoms with E-state index in [4.69, 9.17) is 25.4 Å². The molecular formula is C28H28ClN2O6P. The van der Waals surface area contributed by atoms with Gasteiger partial charge in [-0.1, -0.05) is 54.1 Å². The minimum Gasteiger partial charge on any atom is -0.444 e. The monoisotopic (exact) mass is 554 g/mol. The number of para-hydroxylation sites is 2. The predicted molar refractivity (Wildman–Crippen MR) is 147 cm³/mol. The molecule has 0 bridgehead atoms. The van der Waals surface area contributed by atoms with Gasteiger partial charge in [0.1, 0.15) is 17.1 Å². The number of benzene rings is 3. The molecule has 0 fully saturated rings. The van der Waals surface area contributed by atoms with Crippen molar-refractivity contribution in [2.75, 3.05) is 11.4 Å². The van der Waals surface area contributed by atoms with E-state index in [2.05, 4.69) is 11.9 Å². The summed E-state index contributed by atoms with van der Waals surface area (Å²) in [6.07, 6.45) is 0.520. The minimum atomic E-state index is -4.73. The van der Waals surface area contributed by atoms with Crippen molar-refractivity contribution in [3.63, 3.8) is 0 Å². The maximum absolute atomic E-state index is 15.2. The zero-order chi connectivity index (χ0) is 27.6. The van der Waals surface area contributed by atoms with E-state index in [9.17, 15) is 9.59 Å². The number of fused-ring (bicyclic) bond motifs is 1. The summed E-state index contributed by atoms with van der Waals surface area (Å²) in [7, 11) is -4.73. The topological polar surface area (TPSA) is 94.2 Å². The summed E-state index contributed by atoms with van der Waals surface area (Å²) in [5.41, 5.74) is -0.419. The lowest BCUT2D eigenvalue weighted by atomic mass is 10.1. The Kier molecular flexibility index (Phi) is 7.58. The number of nitrogens with one attached hydrogen (secondary N) is 1. The van der Waals surface area contributed by atoms with E-state index in [0.717, 1.165) is 0 Å². The molecule has 4 rings (SSSR count). The normalized spacial score (nSPS) is 16.9. The molecule has 0 aromatic heterocycles. The highest BCUT2D eigenvalue weighted by atomic mass is 35.5. The van der Waals surface area contributed by atoms with Crippen LogP contribution >= 0.6 is 19.2 Å². The molecule has 0 aliphatic carbocycles. The Bertz CT molecular complexity index is 1350. The third-order valence-corrected chi connectivity index (χ3v) is 8.04. The Morgan fingerprint density at radius 2 is 1.58 bits per heavy atom. The number of ether oxygens (including phenoxy) is 1. The number of halogens is 1. The number of nitrogens with zero attached hydrogens (tertiary/aromatic N) is 1. The second-order valence-electron chi connectivity index (χ2n) is 9.51. The quantitative estimate of drug-likeness (QED) is 0.240. The summed E-state index contributed by atoms with van der Waals surface area (Å²) in [6, 6.07) is 21.2. The smallest absolute Gasteiger partial charge is 0.444 e. The molecule has 2 amide bonds. The zero-order valence-corrected chi connectivity index (χ0v) is 22.9. The van der Waals surface area contributed by atoms with E-state index in [1.54, 1.807) is 93.6 Å². The van der Waals surface area contributed by atoms with Crippen LogP contribution in [0.25, 0.3) is 0 Å². The molecule has 1 aliphatic rings. The summed E-state index contributed by atoms with van der Waals surface area (Å²) in [4.78, 5) is 29.0.